The molecule has 0 radical (unpaired) electrons. The first kappa shape index (κ1) is 18.3. The number of rotatable bonds is 6. The van der Waals surface area contributed by atoms with Gasteiger partial charge in [0.25, 0.3) is 0 Å². The van der Waals surface area contributed by atoms with E-state index in [1.807, 2.05) is 61.5 Å². The molecule has 1 fully saturated rings. The van der Waals surface area contributed by atoms with Crippen LogP contribution in [0.25, 0.3) is 10.9 Å². The predicted molar refractivity (Wildman–Crippen MR) is 107 cm³/mol. The Hall–Kier alpha value is -3.12. The Balaban J connectivity index is 1.50. The van der Waals surface area contributed by atoms with E-state index in [1.54, 1.807) is 0 Å². The van der Waals surface area contributed by atoms with Gasteiger partial charge in [-0.2, -0.15) is 0 Å². The van der Waals surface area contributed by atoms with Crippen LogP contribution in [0, 0.1) is 5.92 Å². The molecular formula is C22H23N3O3. The van der Waals surface area contributed by atoms with Crippen molar-refractivity contribution in [1.82, 2.24) is 10.3 Å². The van der Waals surface area contributed by atoms with Gasteiger partial charge in [0.2, 0.25) is 5.88 Å². The van der Waals surface area contributed by atoms with Crippen molar-refractivity contribution in [3.05, 3.63) is 65.7 Å². The molecule has 6 heteroatoms. The van der Waals surface area contributed by atoms with Gasteiger partial charge >= 0.3 is 6.09 Å². The van der Waals surface area contributed by atoms with Crippen molar-refractivity contribution in [1.29, 1.82) is 0 Å². The Morgan fingerprint density at radius 1 is 1.14 bits per heavy atom. The summed E-state index contributed by atoms with van der Waals surface area (Å²) in [6, 6.07) is 17.1. The molecule has 1 amide bonds. The average Bonchev–Trinajstić information content (AvgIpc) is 3.51. The summed E-state index contributed by atoms with van der Waals surface area (Å²) in [6.07, 6.45) is 1.11. The standard InChI is InChI=1S/C22H23N3O3/c1-13(23)16-6-10-19-17(12-16)7-11-20(24-19)28-18-8-4-15(5-9-18)21(14-2-3-14)25-22(26)27/h4-14,21,25H,2-3,23H2,1H3,(H,26,27). The molecule has 0 spiro atoms. The summed E-state index contributed by atoms with van der Waals surface area (Å²) in [5.74, 6) is 1.55. The van der Waals surface area contributed by atoms with Crippen molar-refractivity contribution in [3.63, 3.8) is 0 Å². The highest BCUT2D eigenvalue weighted by atomic mass is 16.5. The highest BCUT2D eigenvalue weighted by molar-refractivity contribution is 5.80. The van der Waals surface area contributed by atoms with Gasteiger partial charge in [-0.15, -0.1) is 0 Å². The minimum Gasteiger partial charge on any atom is -0.465 e. The van der Waals surface area contributed by atoms with E-state index in [0.29, 0.717) is 17.5 Å². The number of amides is 1. The number of aromatic nitrogens is 1. The van der Waals surface area contributed by atoms with E-state index >= 15 is 0 Å². The van der Waals surface area contributed by atoms with Crippen LogP contribution in [-0.2, 0) is 0 Å². The molecule has 0 bridgehead atoms. The fraction of sp³-hybridized carbons (Fsp3) is 0.273. The van der Waals surface area contributed by atoms with Crippen LogP contribution in [0.3, 0.4) is 0 Å². The van der Waals surface area contributed by atoms with Crippen LogP contribution in [0.1, 0.15) is 43.0 Å². The maximum atomic E-state index is 11.0. The van der Waals surface area contributed by atoms with Gasteiger partial charge in [0.05, 0.1) is 11.6 Å². The lowest BCUT2D eigenvalue weighted by Crippen LogP contribution is -2.28. The number of carboxylic acid groups (broad SMARTS) is 1. The summed E-state index contributed by atoms with van der Waals surface area (Å²) >= 11 is 0. The Morgan fingerprint density at radius 2 is 1.86 bits per heavy atom. The fourth-order valence-corrected chi connectivity index (χ4v) is 3.37. The van der Waals surface area contributed by atoms with Crippen LogP contribution in [0.5, 0.6) is 11.6 Å². The molecule has 1 heterocycles. The molecule has 1 aliphatic rings. The second-order valence-electron chi connectivity index (χ2n) is 7.33. The Morgan fingerprint density at radius 3 is 2.50 bits per heavy atom. The van der Waals surface area contributed by atoms with Crippen molar-refractivity contribution >= 4 is 17.0 Å². The highest BCUT2D eigenvalue weighted by Gasteiger charge is 2.33. The average molecular weight is 377 g/mol. The summed E-state index contributed by atoms with van der Waals surface area (Å²) < 4.78 is 5.88. The molecule has 1 aliphatic carbocycles. The third kappa shape index (κ3) is 4.07. The van der Waals surface area contributed by atoms with Crippen molar-refractivity contribution < 1.29 is 14.6 Å². The number of fused-ring (bicyclic) bond motifs is 1. The van der Waals surface area contributed by atoms with Gasteiger partial charge in [0, 0.05) is 17.5 Å². The van der Waals surface area contributed by atoms with Crippen LogP contribution in [-0.4, -0.2) is 16.2 Å². The lowest BCUT2D eigenvalue weighted by atomic mass is 10.0. The SMILES string of the molecule is CC(N)c1ccc2nc(Oc3ccc(C(NC(=O)O)C4CC4)cc3)ccc2c1. The summed E-state index contributed by atoms with van der Waals surface area (Å²) in [4.78, 5) is 15.6. The summed E-state index contributed by atoms with van der Waals surface area (Å²) in [6.45, 7) is 1.95. The predicted octanol–water partition coefficient (Wildman–Crippen LogP) is 4.77. The molecule has 1 saturated carbocycles. The van der Waals surface area contributed by atoms with E-state index in [9.17, 15) is 4.79 Å². The van der Waals surface area contributed by atoms with Gasteiger partial charge < -0.3 is 20.9 Å². The van der Waals surface area contributed by atoms with Crippen LogP contribution in [0.2, 0.25) is 0 Å². The molecule has 4 rings (SSSR count). The van der Waals surface area contributed by atoms with E-state index in [-0.39, 0.29) is 12.1 Å². The zero-order valence-electron chi connectivity index (χ0n) is 15.6. The van der Waals surface area contributed by atoms with Gasteiger partial charge in [-0.3, -0.25) is 0 Å². The first-order valence-electron chi connectivity index (χ1n) is 9.43. The fourth-order valence-electron chi connectivity index (χ4n) is 3.37. The first-order valence-corrected chi connectivity index (χ1v) is 9.43. The normalized spacial score (nSPS) is 15.8. The van der Waals surface area contributed by atoms with E-state index in [0.717, 1.165) is 34.9 Å². The summed E-state index contributed by atoms with van der Waals surface area (Å²) in [7, 11) is 0. The second-order valence-corrected chi connectivity index (χ2v) is 7.33. The Bertz CT molecular complexity index is 998. The third-order valence-corrected chi connectivity index (χ3v) is 5.05. The number of hydrogen-bond acceptors (Lipinski definition) is 4. The van der Waals surface area contributed by atoms with Gasteiger partial charge in [0.1, 0.15) is 5.75 Å². The second kappa shape index (κ2) is 7.48. The molecule has 0 aliphatic heterocycles. The number of carbonyl (C=O) groups is 1. The zero-order chi connectivity index (χ0) is 19.7. The van der Waals surface area contributed by atoms with Gasteiger partial charge in [0.15, 0.2) is 0 Å². The lowest BCUT2D eigenvalue weighted by molar-refractivity contribution is 0.188. The van der Waals surface area contributed by atoms with Crippen molar-refractivity contribution in [3.8, 4) is 11.6 Å². The summed E-state index contributed by atoms with van der Waals surface area (Å²) in [5, 5.41) is 12.7. The molecule has 6 nitrogen and oxygen atoms in total. The number of benzene rings is 2. The molecule has 2 unspecified atom stereocenters. The molecule has 2 atom stereocenters. The topological polar surface area (TPSA) is 97.5 Å². The maximum absolute atomic E-state index is 11.0. The number of nitrogens with two attached hydrogens (primary N) is 1. The van der Waals surface area contributed by atoms with Crippen LogP contribution in [0.4, 0.5) is 4.79 Å². The highest BCUT2D eigenvalue weighted by Crippen LogP contribution is 2.41. The van der Waals surface area contributed by atoms with Crippen LogP contribution in [0.15, 0.2) is 54.6 Å². The smallest absolute Gasteiger partial charge is 0.405 e. The monoisotopic (exact) mass is 377 g/mol. The van der Waals surface area contributed by atoms with Crippen LogP contribution < -0.4 is 15.8 Å². The van der Waals surface area contributed by atoms with Crippen molar-refractivity contribution in [2.45, 2.75) is 31.8 Å². The largest absolute Gasteiger partial charge is 0.465 e. The molecule has 144 valence electrons. The van der Waals surface area contributed by atoms with Gasteiger partial charge in [-0.25, -0.2) is 9.78 Å². The molecular weight excluding hydrogens is 354 g/mol. The van der Waals surface area contributed by atoms with Crippen molar-refractivity contribution in [2.75, 3.05) is 0 Å². The molecule has 1 aromatic heterocycles. The minimum atomic E-state index is -0.996. The van der Waals surface area contributed by atoms with E-state index in [1.165, 1.54) is 0 Å². The van der Waals surface area contributed by atoms with E-state index < -0.39 is 6.09 Å². The third-order valence-electron chi connectivity index (χ3n) is 5.05. The number of pyridine rings is 1. The summed E-state index contributed by atoms with van der Waals surface area (Å²) in [5.41, 5.74) is 8.80. The number of hydrogen-bond donors (Lipinski definition) is 3. The lowest BCUT2D eigenvalue weighted by Gasteiger charge is -2.17. The van der Waals surface area contributed by atoms with E-state index in [2.05, 4.69) is 10.3 Å². The number of nitrogens with one attached hydrogen (secondary N) is 1. The van der Waals surface area contributed by atoms with E-state index in [4.69, 9.17) is 15.6 Å². The number of ether oxygens (including phenoxy) is 1. The molecule has 0 saturated heterocycles. The Kier molecular flexibility index (Phi) is 4.88. The number of nitrogens with zero attached hydrogens (tertiary/aromatic N) is 1. The quantitative estimate of drug-likeness (QED) is 0.575. The Labute approximate surface area is 163 Å². The van der Waals surface area contributed by atoms with Crippen LogP contribution >= 0.6 is 0 Å². The molecule has 4 N–H and O–H groups in total. The minimum absolute atomic E-state index is 0.0195. The van der Waals surface area contributed by atoms with Crippen molar-refractivity contribution in [2.24, 2.45) is 11.7 Å². The zero-order valence-corrected chi connectivity index (χ0v) is 15.6. The molecule has 2 aromatic carbocycles. The molecule has 28 heavy (non-hydrogen) atoms. The maximum Gasteiger partial charge on any atom is 0.405 e. The first-order chi connectivity index (χ1) is 13.5. The molecule has 3 aromatic rings. The van der Waals surface area contributed by atoms with Gasteiger partial charge in [-0.1, -0.05) is 18.2 Å². The van der Waals surface area contributed by atoms with Gasteiger partial charge in [-0.05, 0) is 67.1 Å².